The van der Waals surface area contributed by atoms with Gasteiger partial charge in [0.1, 0.15) is 11.5 Å². The molecule has 0 aliphatic heterocycles. The standard InChI is InChI=1S/C21H26O2/c1-14-12-16(7-9-19(14)22)18-6-4-5-11-21(18,3)17-8-10-20(23)15(2)13-17/h7-10,12-13,18,22-23H,4-6,11H2,1-3H3. The maximum atomic E-state index is 9.85. The van der Waals surface area contributed by atoms with Crippen LogP contribution in [0.5, 0.6) is 11.5 Å². The van der Waals surface area contributed by atoms with Gasteiger partial charge >= 0.3 is 0 Å². The summed E-state index contributed by atoms with van der Waals surface area (Å²) >= 11 is 0. The fraction of sp³-hybridized carbons (Fsp3) is 0.429. The van der Waals surface area contributed by atoms with Crippen LogP contribution in [0.1, 0.15) is 60.8 Å². The highest BCUT2D eigenvalue weighted by Gasteiger charge is 2.39. The lowest BCUT2D eigenvalue weighted by Crippen LogP contribution is -2.33. The summed E-state index contributed by atoms with van der Waals surface area (Å²) in [6, 6.07) is 12.1. The topological polar surface area (TPSA) is 40.5 Å². The molecule has 0 aromatic heterocycles. The third-order valence-electron chi connectivity index (χ3n) is 5.69. The highest BCUT2D eigenvalue weighted by molar-refractivity contribution is 5.43. The number of hydrogen-bond acceptors (Lipinski definition) is 2. The Kier molecular flexibility index (Phi) is 4.09. The molecule has 2 aromatic rings. The van der Waals surface area contributed by atoms with Crippen LogP contribution in [0.3, 0.4) is 0 Å². The molecule has 0 heterocycles. The minimum Gasteiger partial charge on any atom is -0.508 e. The van der Waals surface area contributed by atoms with Crippen molar-refractivity contribution in [1.29, 1.82) is 0 Å². The van der Waals surface area contributed by atoms with Gasteiger partial charge in [0.15, 0.2) is 0 Å². The van der Waals surface area contributed by atoms with Crippen molar-refractivity contribution >= 4 is 0 Å². The second kappa shape index (κ2) is 5.92. The van der Waals surface area contributed by atoms with E-state index in [-0.39, 0.29) is 5.41 Å². The molecule has 23 heavy (non-hydrogen) atoms. The first-order valence-corrected chi connectivity index (χ1v) is 8.51. The largest absolute Gasteiger partial charge is 0.508 e. The molecule has 0 bridgehead atoms. The average molecular weight is 310 g/mol. The second-order valence-corrected chi connectivity index (χ2v) is 7.26. The molecule has 1 fully saturated rings. The van der Waals surface area contributed by atoms with E-state index in [1.165, 1.54) is 30.4 Å². The van der Waals surface area contributed by atoms with Gasteiger partial charge < -0.3 is 10.2 Å². The summed E-state index contributed by atoms with van der Waals surface area (Å²) in [4.78, 5) is 0. The maximum Gasteiger partial charge on any atom is 0.118 e. The van der Waals surface area contributed by atoms with E-state index in [0.29, 0.717) is 17.4 Å². The van der Waals surface area contributed by atoms with Crippen LogP contribution in [0.25, 0.3) is 0 Å². The first-order chi connectivity index (χ1) is 10.9. The SMILES string of the molecule is Cc1cc(C2CCCCC2(C)c2ccc(O)c(C)c2)ccc1O. The zero-order valence-corrected chi connectivity index (χ0v) is 14.3. The Bertz CT molecular complexity index is 720. The summed E-state index contributed by atoms with van der Waals surface area (Å²) in [6.45, 7) is 6.28. The van der Waals surface area contributed by atoms with Gasteiger partial charge in [0, 0.05) is 0 Å². The van der Waals surface area contributed by atoms with Crippen molar-refractivity contribution in [3.05, 3.63) is 58.7 Å². The Hall–Kier alpha value is -1.96. The number of aryl methyl sites for hydroxylation is 2. The van der Waals surface area contributed by atoms with Gasteiger partial charge in [-0.05, 0) is 72.4 Å². The molecule has 0 amide bonds. The fourth-order valence-electron chi connectivity index (χ4n) is 4.12. The quantitative estimate of drug-likeness (QED) is 0.787. The average Bonchev–Trinajstić information content (AvgIpc) is 2.53. The van der Waals surface area contributed by atoms with Crippen molar-refractivity contribution in [2.45, 2.75) is 57.8 Å². The number of benzene rings is 2. The molecule has 2 N–H and O–H groups in total. The van der Waals surface area contributed by atoms with Crippen molar-refractivity contribution in [2.24, 2.45) is 0 Å². The van der Waals surface area contributed by atoms with E-state index in [1.54, 1.807) is 0 Å². The Morgan fingerprint density at radius 1 is 0.913 bits per heavy atom. The first kappa shape index (κ1) is 15.9. The van der Waals surface area contributed by atoms with E-state index < -0.39 is 0 Å². The number of phenols is 2. The smallest absolute Gasteiger partial charge is 0.118 e. The van der Waals surface area contributed by atoms with Crippen molar-refractivity contribution in [2.75, 3.05) is 0 Å². The lowest BCUT2D eigenvalue weighted by molar-refractivity contribution is 0.269. The van der Waals surface area contributed by atoms with Gasteiger partial charge in [-0.3, -0.25) is 0 Å². The summed E-state index contributed by atoms with van der Waals surface area (Å²) in [5.41, 5.74) is 4.57. The number of aromatic hydroxyl groups is 2. The van der Waals surface area contributed by atoms with E-state index in [4.69, 9.17) is 0 Å². The summed E-state index contributed by atoms with van der Waals surface area (Å²) in [5, 5.41) is 19.7. The molecule has 1 saturated carbocycles. The maximum absolute atomic E-state index is 9.85. The van der Waals surface area contributed by atoms with Gasteiger partial charge in [0.2, 0.25) is 0 Å². The normalized spacial score (nSPS) is 24.6. The van der Waals surface area contributed by atoms with E-state index in [9.17, 15) is 10.2 Å². The predicted molar refractivity (Wildman–Crippen MR) is 94.2 cm³/mol. The summed E-state index contributed by atoms with van der Waals surface area (Å²) in [6.07, 6.45) is 4.81. The van der Waals surface area contributed by atoms with Crippen LogP contribution in [-0.2, 0) is 5.41 Å². The minimum atomic E-state index is 0.0696. The number of phenolic OH excluding ortho intramolecular Hbond substituents is 2. The number of hydrogen-bond donors (Lipinski definition) is 2. The zero-order chi connectivity index (χ0) is 16.6. The van der Waals surface area contributed by atoms with Gasteiger partial charge in [0.25, 0.3) is 0 Å². The molecule has 2 aromatic carbocycles. The predicted octanol–water partition coefficient (Wildman–Crippen LogP) is 5.33. The van der Waals surface area contributed by atoms with Crippen molar-refractivity contribution in [3.63, 3.8) is 0 Å². The number of rotatable bonds is 2. The molecule has 1 aliphatic rings. The third-order valence-corrected chi connectivity index (χ3v) is 5.69. The molecule has 122 valence electrons. The van der Waals surface area contributed by atoms with Crippen molar-refractivity contribution in [1.82, 2.24) is 0 Å². The van der Waals surface area contributed by atoms with E-state index in [2.05, 4.69) is 31.2 Å². The molecule has 3 rings (SSSR count). The second-order valence-electron chi connectivity index (χ2n) is 7.26. The van der Waals surface area contributed by atoms with Crippen LogP contribution < -0.4 is 0 Å². The molecular weight excluding hydrogens is 284 g/mol. The highest BCUT2D eigenvalue weighted by atomic mass is 16.3. The van der Waals surface area contributed by atoms with Crippen LogP contribution in [0.2, 0.25) is 0 Å². The van der Waals surface area contributed by atoms with Crippen LogP contribution in [-0.4, -0.2) is 10.2 Å². The van der Waals surface area contributed by atoms with Gasteiger partial charge in [-0.15, -0.1) is 0 Å². The van der Waals surface area contributed by atoms with Crippen molar-refractivity contribution < 1.29 is 10.2 Å². The Morgan fingerprint density at radius 2 is 1.57 bits per heavy atom. The van der Waals surface area contributed by atoms with Gasteiger partial charge in [-0.1, -0.05) is 44.0 Å². The van der Waals surface area contributed by atoms with Crippen molar-refractivity contribution in [3.8, 4) is 11.5 Å². The summed E-state index contributed by atoms with van der Waals surface area (Å²) in [7, 11) is 0. The Balaban J connectivity index is 2.06. The Morgan fingerprint density at radius 3 is 2.22 bits per heavy atom. The molecule has 1 aliphatic carbocycles. The molecule has 0 saturated heterocycles. The molecule has 2 unspecified atom stereocenters. The molecule has 2 heteroatoms. The lowest BCUT2D eigenvalue weighted by atomic mass is 9.61. The molecular formula is C21H26O2. The molecule has 0 spiro atoms. The third kappa shape index (κ3) is 2.83. The molecule has 2 atom stereocenters. The van der Waals surface area contributed by atoms with E-state index in [0.717, 1.165) is 17.5 Å². The van der Waals surface area contributed by atoms with Crippen LogP contribution in [0, 0.1) is 13.8 Å². The molecule has 0 radical (unpaired) electrons. The minimum absolute atomic E-state index is 0.0696. The highest BCUT2D eigenvalue weighted by Crippen LogP contribution is 2.49. The van der Waals surface area contributed by atoms with E-state index in [1.807, 2.05) is 26.0 Å². The monoisotopic (exact) mass is 310 g/mol. The van der Waals surface area contributed by atoms with E-state index >= 15 is 0 Å². The van der Waals surface area contributed by atoms with Gasteiger partial charge in [0.05, 0.1) is 0 Å². The molecule has 2 nitrogen and oxygen atoms in total. The Labute approximate surface area is 138 Å². The lowest BCUT2D eigenvalue weighted by Gasteiger charge is -2.43. The van der Waals surface area contributed by atoms with Gasteiger partial charge in [-0.25, -0.2) is 0 Å². The summed E-state index contributed by atoms with van der Waals surface area (Å²) < 4.78 is 0. The van der Waals surface area contributed by atoms with Crippen LogP contribution in [0.4, 0.5) is 0 Å². The van der Waals surface area contributed by atoms with Crippen LogP contribution >= 0.6 is 0 Å². The van der Waals surface area contributed by atoms with Gasteiger partial charge in [-0.2, -0.15) is 0 Å². The summed E-state index contributed by atoms with van der Waals surface area (Å²) in [5.74, 6) is 1.18. The van der Waals surface area contributed by atoms with Crippen LogP contribution in [0.15, 0.2) is 36.4 Å². The fourth-order valence-corrected chi connectivity index (χ4v) is 4.12. The zero-order valence-electron chi connectivity index (χ0n) is 14.3. The first-order valence-electron chi connectivity index (χ1n) is 8.51.